The summed E-state index contributed by atoms with van der Waals surface area (Å²) in [5, 5.41) is 20.2. The lowest BCUT2D eigenvalue weighted by atomic mass is 10.1. The summed E-state index contributed by atoms with van der Waals surface area (Å²) in [5.41, 5.74) is 2.57. The fraction of sp³-hybridized carbons (Fsp3) is 0.316. The first-order valence-electron chi connectivity index (χ1n) is 8.54. The number of hydrogen-bond acceptors (Lipinski definition) is 5. The second kappa shape index (κ2) is 9.03. The maximum atomic E-state index is 12.5. The van der Waals surface area contributed by atoms with Gasteiger partial charge >= 0.3 is 5.69 Å². The maximum Gasteiger partial charge on any atom is 0.328 e. The topological polar surface area (TPSA) is 109 Å². The van der Waals surface area contributed by atoms with Crippen LogP contribution in [0, 0.1) is 0 Å². The van der Waals surface area contributed by atoms with Crippen molar-refractivity contribution >= 4 is 44.8 Å². The van der Waals surface area contributed by atoms with E-state index in [1.54, 1.807) is 42.4 Å². The molecule has 2 heterocycles. The van der Waals surface area contributed by atoms with Gasteiger partial charge in [-0.15, -0.1) is 0 Å². The summed E-state index contributed by atoms with van der Waals surface area (Å²) in [6.07, 6.45) is 3.94. The van der Waals surface area contributed by atoms with Crippen LogP contribution in [-0.4, -0.2) is 36.4 Å². The van der Waals surface area contributed by atoms with Crippen molar-refractivity contribution in [1.82, 2.24) is 14.1 Å². The molecule has 0 radical (unpaired) electrons. The normalized spacial score (nSPS) is 11.0. The molecule has 3 N–H and O–H groups in total. The highest BCUT2D eigenvalue weighted by molar-refractivity contribution is 9.10. The maximum absolute atomic E-state index is 12.5. The van der Waals surface area contributed by atoms with E-state index in [9.17, 15) is 9.90 Å². The Kier molecular flexibility index (Phi) is 6.98. The average molecular weight is 451 g/mol. The summed E-state index contributed by atoms with van der Waals surface area (Å²) in [4.78, 5) is 25.0. The molecular weight excluding hydrogens is 428 g/mol. The van der Waals surface area contributed by atoms with Gasteiger partial charge in [-0.25, -0.2) is 4.79 Å². The lowest BCUT2D eigenvalue weighted by molar-refractivity contribution is -0.122. The van der Waals surface area contributed by atoms with Crippen molar-refractivity contribution < 1.29 is 15.0 Å². The van der Waals surface area contributed by atoms with E-state index >= 15 is 0 Å². The molecule has 0 spiro atoms. The highest BCUT2D eigenvalue weighted by Crippen LogP contribution is 2.26. The SMILES string of the molecule is Cn1c(=O)n(CCC(C)(C)O)c2cc(Nc3ccncc3Br)ccc21.O=CO. The molecule has 0 amide bonds. The Balaban J connectivity index is 0.000000878. The number of aryl methyl sites for hydroxylation is 2. The number of imidazole rings is 1. The van der Waals surface area contributed by atoms with Gasteiger partial charge in [0.1, 0.15) is 0 Å². The Labute approximate surface area is 170 Å². The number of aliphatic hydroxyl groups is 1. The van der Waals surface area contributed by atoms with E-state index < -0.39 is 5.60 Å². The third-order valence-electron chi connectivity index (χ3n) is 4.14. The zero-order valence-corrected chi connectivity index (χ0v) is 17.5. The summed E-state index contributed by atoms with van der Waals surface area (Å²) in [6.45, 7) is 3.70. The summed E-state index contributed by atoms with van der Waals surface area (Å²) < 4.78 is 4.20. The number of pyridine rings is 1. The van der Waals surface area contributed by atoms with Gasteiger partial charge in [-0.2, -0.15) is 0 Å². The highest BCUT2D eigenvalue weighted by atomic mass is 79.9. The minimum atomic E-state index is -0.820. The second-order valence-corrected chi connectivity index (χ2v) is 7.70. The van der Waals surface area contributed by atoms with E-state index in [0.29, 0.717) is 13.0 Å². The quantitative estimate of drug-likeness (QED) is 0.515. The van der Waals surface area contributed by atoms with Gasteiger partial charge in [0.2, 0.25) is 0 Å². The number of fused-ring (bicyclic) bond motifs is 1. The smallest absolute Gasteiger partial charge is 0.328 e. The number of carboxylic acid groups (broad SMARTS) is 1. The first-order valence-corrected chi connectivity index (χ1v) is 9.33. The van der Waals surface area contributed by atoms with E-state index in [1.807, 2.05) is 24.3 Å². The van der Waals surface area contributed by atoms with E-state index in [4.69, 9.17) is 9.90 Å². The molecule has 0 saturated carbocycles. The van der Waals surface area contributed by atoms with E-state index in [1.165, 1.54) is 0 Å². The van der Waals surface area contributed by atoms with Crippen molar-refractivity contribution in [1.29, 1.82) is 0 Å². The molecule has 3 aromatic rings. The van der Waals surface area contributed by atoms with Crippen LogP contribution in [-0.2, 0) is 18.4 Å². The number of carbonyl (C=O) groups is 1. The Morgan fingerprint density at radius 3 is 2.57 bits per heavy atom. The molecule has 1 aromatic carbocycles. The van der Waals surface area contributed by atoms with Crippen molar-refractivity contribution in [3.63, 3.8) is 0 Å². The van der Waals surface area contributed by atoms with Crippen molar-refractivity contribution in [3.05, 3.63) is 51.6 Å². The average Bonchev–Trinajstić information content (AvgIpc) is 2.86. The van der Waals surface area contributed by atoms with Gasteiger partial charge in [-0.1, -0.05) is 0 Å². The van der Waals surface area contributed by atoms with E-state index in [-0.39, 0.29) is 12.2 Å². The molecule has 0 atom stereocenters. The number of halogens is 1. The third-order valence-corrected chi connectivity index (χ3v) is 4.78. The fourth-order valence-electron chi connectivity index (χ4n) is 2.72. The Bertz CT molecular complexity index is 1020. The van der Waals surface area contributed by atoms with Crippen LogP contribution >= 0.6 is 15.9 Å². The molecule has 0 saturated heterocycles. The van der Waals surface area contributed by atoms with Crippen LogP contribution in [0.3, 0.4) is 0 Å². The molecule has 0 aliphatic rings. The monoisotopic (exact) mass is 450 g/mol. The number of rotatable bonds is 5. The Morgan fingerprint density at radius 1 is 1.29 bits per heavy atom. The van der Waals surface area contributed by atoms with Crippen LogP contribution in [0.25, 0.3) is 11.0 Å². The zero-order valence-electron chi connectivity index (χ0n) is 15.9. The molecule has 0 aliphatic carbocycles. The predicted octanol–water partition coefficient (Wildman–Crippen LogP) is 3.10. The van der Waals surface area contributed by atoms with Crippen LogP contribution in [0.15, 0.2) is 45.9 Å². The van der Waals surface area contributed by atoms with Crippen LogP contribution in [0.1, 0.15) is 20.3 Å². The molecule has 8 nitrogen and oxygen atoms in total. The number of hydrogen-bond donors (Lipinski definition) is 3. The standard InChI is InChI=1S/C18H21BrN4O2.CH2O2/c1-18(2,25)7-9-23-16-10-12(4-5-15(16)22(3)17(23)24)21-14-6-8-20-11-13(14)19;2-1-3/h4-6,8,10-11,25H,7,9H2,1-3H3,(H,20,21);1H,(H,2,3). The predicted molar refractivity (Wildman–Crippen MR) is 112 cm³/mol. The molecule has 150 valence electrons. The summed E-state index contributed by atoms with van der Waals surface area (Å²) in [7, 11) is 1.76. The van der Waals surface area contributed by atoms with Gasteiger partial charge in [0.05, 0.1) is 26.8 Å². The van der Waals surface area contributed by atoms with Crippen LogP contribution < -0.4 is 11.0 Å². The van der Waals surface area contributed by atoms with Crippen molar-refractivity contribution in [2.45, 2.75) is 32.4 Å². The largest absolute Gasteiger partial charge is 0.483 e. The third kappa shape index (κ3) is 5.20. The van der Waals surface area contributed by atoms with Gasteiger partial charge in [0.25, 0.3) is 6.47 Å². The fourth-order valence-corrected chi connectivity index (χ4v) is 3.07. The first kappa shape index (κ1) is 21.6. The van der Waals surface area contributed by atoms with Crippen LogP contribution in [0.4, 0.5) is 11.4 Å². The van der Waals surface area contributed by atoms with Crippen molar-refractivity contribution in [2.24, 2.45) is 7.05 Å². The van der Waals surface area contributed by atoms with Gasteiger partial charge in [-0.3, -0.25) is 18.9 Å². The molecular formula is C19H23BrN4O4. The van der Waals surface area contributed by atoms with Crippen LogP contribution in [0.5, 0.6) is 0 Å². The highest BCUT2D eigenvalue weighted by Gasteiger charge is 2.16. The lowest BCUT2D eigenvalue weighted by Crippen LogP contribution is -2.27. The molecule has 0 aliphatic heterocycles. The minimum Gasteiger partial charge on any atom is -0.483 e. The molecule has 2 aromatic heterocycles. The summed E-state index contributed by atoms with van der Waals surface area (Å²) in [6, 6.07) is 7.69. The first-order chi connectivity index (χ1) is 13.2. The van der Waals surface area contributed by atoms with Gasteiger partial charge in [-0.05, 0) is 60.5 Å². The molecule has 28 heavy (non-hydrogen) atoms. The Morgan fingerprint density at radius 2 is 1.96 bits per heavy atom. The van der Waals surface area contributed by atoms with E-state index in [2.05, 4.69) is 26.2 Å². The molecule has 0 bridgehead atoms. The van der Waals surface area contributed by atoms with Gasteiger partial charge in [0, 0.05) is 31.7 Å². The molecule has 9 heteroatoms. The summed E-state index contributed by atoms with van der Waals surface area (Å²) in [5.74, 6) is 0. The van der Waals surface area contributed by atoms with Crippen molar-refractivity contribution in [2.75, 3.05) is 5.32 Å². The van der Waals surface area contributed by atoms with E-state index in [0.717, 1.165) is 26.9 Å². The lowest BCUT2D eigenvalue weighted by Gasteiger charge is -2.17. The van der Waals surface area contributed by atoms with Gasteiger partial charge in [0.15, 0.2) is 0 Å². The number of aromatic nitrogens is 3. The summed E-state index contributed by atoms with van der Waals surface area (Å²) >= 11 is 3.47. The number of nitrogens with zero attached hydrogens (tertiary/aromatic N) is 3. The number of nitrogens with one attached hydrogen (secondary N) is 1. The van der Waals surface area contributed by atoms with Crippen molar-refractivity contribution in [3.8, 4) is 0 Å². The van der Waals surface area contributed by atoms with Gasteiger partial charge < -0.3 is 15.5 Å². The number of benzene rings is 1. The molecule has 3 rings (SSSR count). The number of anilines is 2. The minimum absolute atomic E-state index is 0.0820. The Hall–Kier alpha value is -2.65. The zero-order chi connectivity index (χ0) is 20.9. The molecule has 0 fully saturated rings. The second-order valence-electron chi connectivity index (χ2n) is 6.85. The molecule has 0 unspecified atom stereocenters. The van der Waals surface area contributed by atoms with Crippen LogP contribution in [0.2, 0.25) is 0 Å².